The molecule has 1 aliphatic rings. The highest BCUT2D eigenvalue weighted by molar-refractivity contribution is 8.00. The summed E-state index contributed by atoms with van der Waals surface area (Å²) in [5, 5.41) is 14.9. The first-order valence-electron chi connectivity index (χ1n) is 9.84. The monoisotopic (exact) mass is 449 g/mol. The first-order valence-corrected chi connectivity index (χ1v) is 11.3. The van der Waals surface area contributed by atoms with E-state index in [-0.39, 0.29) is 22.3 Å². The Bertz CT molecular complexity index is 988. The zero-order valence-corrected chi connectivity index (χ0v) is 19.8. The average molecular weight is 450 g/mol. The van der Waals surface area contributed by atoms with Gasteiger partial charge in [-0.25, -0.2) is 4.68 Å². The van der Waals surface area contributed by atoms with Crippen LogP contribution in [0.25, 0.3) is 0 Å². The summed E-state index contributed by atoms with van der Waals surface area (Å²) in [6.45, 7) is 11.8. The van der Waals surface area contributed by atoms with E-state index in [0.29, 0.717) is 10.8 Å². The van der Waals surface area contributed by atoms with E-state index in [9.17, 15) is 14.7 Å². The Kier molecular flexibility index (Phi) is 6.00. The van der Waals surface area contributed by atoms with Crippen LogP contribution in [0.15, 0.2) is 24.3 Å². The Hall–Kier alpha value is -1.99. The zero-order chi connectivity index (χ0) is 22.4. The second-order valence-corrected chi connectivity index (χ2v) is 11.0. The summed E-state index contributed by atoms with van der Waals surface area (Å²) < 4.78 is 1.81. The van der Waals surface area contributed by atoms with Crippen LogP contribution in [0, 0.1) is 0 Å². The van der Waals surface area contributed by atoms with Crippen molar-refractivity contribution >= 4 is 41.1 Å². The molecule has 0 aliphatic carbocycles. The lowest BCUT2D eigenvalue weighted by Gasteiger charge is -2.28. The van der Waals surface area contributed by atoms with Gasteiger partial charge in [-0.05, 0) is 32.4 Å². The van der Waals surface area contributed by atoms with Crippen LogP contribution in [0.1, 0.15) is 63.6 Å². The predicted octanol–water partition coefficient (Wildman–Crippen LogP) is 4.84. The first kappa shape index (κ1) is 22.7. The maximum Gasteiger partial charge on any atom is 0.323 e. The van der Waals surface area contributed by atoms with Gasteiger partial charge in [0.05, 0.1) is 22.2 Å². The lowest BCUT2D eigenvalue weighted by molar-refractivity contribution is -0.136. The number of fused-ring (bicyclic) bond motifs is 1. The molecule has 0 bridgehead atoms. The normalized spacial score (nSPS) is 17.6. The highest BCUT2D eigenvalue weighted by Gasteiger charge is 2.41. The highest BCUT2D eigenvalue weighted by atomic mass is 35.5. The van der Waals surface area contributed by atoms with Gasteiger partial charge in [-0.15, -0.1) is 11.8 Å². The molecule has 1 amide bonds. The Labute approximate surface area is 186 Å². The third-order valence-corrected chi connectivity index (χ3v) is 6.50. The van der Waals surface area contributed by atoms with E-state index in [1.165, 1.54) is 16.7 Å². The van der Waals surface area contributed by atoms with Gasteiger partial charge in [-0.1, -0.05) is 50.6 Å². The number of aliphatic carboxylic acids is 1. The van der Waals surface area contributed by atoms with Crippen molar-refractivity contribution in [3.8, 4) is 0 Å². The van der Waals surface area contributed by atoms with Crippen LogP contribution >= 0.6 is 23.4 Å². The Morgan fingerprint density at radius 2 is 1.87 bits per heavy atom. The van der Waals surface area contributed by atoms with Gasteiger partial charge in [0, 0.05) is 16.0 Å². The lowest BCUT2D eigenvalue weighted by Crippen LogP contribution is -2.40. The quantitative estimate of drug-likeness (QED) is 0.725. The van der Waals surface area contributed by atoms with Crippen LogP contribution < -0.4 is 4.90 Å². The standard InChI is InChI=1S/C22H28ClN3O3S/c1-21(2,3)19-17-18(13-9-7-8-10-14(13)23)30-12-15(27)25(11-16(28)29)20(17)26(24-19)22(4,5)6/h7-10,18H,11-12H2,1-6H3,(H,28,29). The summed E-state index contributed by atoms with van der Waals surface area (Å²) in [4.78, 5) is 26.1. The van der Waals surface area contributed by atoms with E-state index in [1.54, 1.807) is 4.68 Å². The molecule has 6 nitrogen and oxygen atoms in total. The molecule has 2 heterocycles. The van der Waals surface area contributed by atoms with Gasteiger partial charge in [0.1, 0.15) is 12.4 Å². The molecule has 1 atom stereocenters. The van der Waals surface area contributed by atoms with Crippen molar-refractivity contribution in [1.29, 1.82) is 0 Å². The minimum absolute atomic E-state index is 0.158. The number of carboxylic acids is 1. The second kappa shape index (κ2) is 7.93. The number of carbonyl (C=O) groups is 2. The fourth-order valence-electron chi connectivity index (χ4n) is 3.61. The number of anilines is 1. The van der Waals surface area contributed by atoms with Gasteiger partial charge in [0.25, 0.3) is 0 Å². The van der Waals surface area contributed by atoms with Gasteiger partial charge in [0.15, 0.2) is 0 Å². The summed E-state index contributed by atoms with van der Waals surface area (Å²) in [6.07, 6.45) is 0. The summed E-state index contributed by atoms with van der Waals surface area (Å²) in [5.41, 5.74) is 1.83. The fourth-order valence-corrected chi connectivity index (χ4v) is 5.15. The Balaban J connectivity index is 2.41. The van der Waals surface area contributed by atoms with Gasteiger partial charge in [-0.2, -0.15) is 5.10 Å². The summed E-state index contributed by atoms with van der Waals surface area (Å²) in [7, 11) is 0. The zero-order valence-electron chi connectivity index (χ0n) is 18.2. The Morgan fingerprint density at radius 1 is 1.23 bits per heavy atom. The van der Waals surface area contributed by atoms with Crippen LogP contribution in [0.2, 0.25) is 5.02 Å². The summed E-state index contributed by atoms with van der Waals surface area (Å²) in [5.74, 6) is -0.598. The van der Waals surface area contributed by atoms with Gasteiger partial charge in [0.2, 0.25) is 5.91 Å². The molecule has 8 heteroatoms. The third-order valence-electron chi connectivity index (χ3n) is 4.92. The minimum Gasteiger partial charge on any atom is -0.480 e. The molecule has 1 aromatic carbocycles. The molecule has 1 N–H and O–H groups in total. The molecule has 0 saturated heterocycles. The van der Waals surface area contributed by atoms with Crippen molar-refractivity contribution in [2.75, 3.05) is 17.2 Å². The van der Waals surface area contributed by atoms with Crippen molar-refractivity contribution in [1.82, 2.24) is 9.78 Å². The molecule has 1 aliphatic heterocycles. The second-order valence-electron chi connectivity index (χ2n) is 9.50. The molecule has 0 radical (unpaired) electrons. The lowest BCUT2D eigenvalue weighted by atomic mass is 9.87. The number of hydrogen-bond acceptors (Lipinski definition) is 4. The largest absolute Gasteiger partial charge is 0.480 e. The third kappa shape index (κ3) is 4.23. The number of carboxylic acid groups (broad SMARTS) is 1. The highest BCUT2D eigenvalue weighted by Crippen LogP contribution is 2.50. The number of carbonyl (C=O) groups excluding carboxylic acids is 1. The van der Waals surface area contributed by atoms with Crippen LogP contribution in [-0.4, -0.2) is 39.1 Å². The molecule has 0 saturated carbocycles. The molecular weight excluding hydrogens is 422 g/mol. The van der Waals surface area contributed by atoms with E-state index < -0.39 is 18.1 Å². The summed E-state index contributed by atoms with van der Waals surface area (Å²) in [6, 6.07) is 7.60. The number of halogens is 1. The minimum atomic E-state index is -1.06. The van der Waals surface area contributed by atoms with Crippen molar-refractivity contribution in [2.24, 2.45) is 0 Å². The van der Waals surface area contributed by atoms with Crippen molar-refractivity contribution in [3.63, 3.8) is 0 Å². The van der Waals surface area contributed by atoms with E-state index >= 15 is 0 Å². The number of rotatable bonds is 3. The van der Waals surface area contributed by atoms with Gasteiger partial charge >= 0.3 is 5.97 Å². The number of aromatic nitrogens is 2. The van der Waals surface area contributed by atoms with Crippen LogP contribution in [-0.2, 0) is 20.5 Å². The molecule has 2 aromatic rings. The number of amides is 1. The van der Waals surface area contributed by atoms with Gasteiger partial charge < -0.3 is 5.11 Å². The first-order chi connectivity index (χ1) is 13.8. The molecule has 1 unspecified atom stereocenters. The molecule has 162 valence electrons. The van der Waals surface area contributed by atoms with Crippen molar-refractivity contribution in [3.05, 3.63) is 46.1 Å². The van der Waals surface area contributed by atoms with E-state index in [1.807, 2.05) is 45.0 Å². The topological polar surface area (TPSA) is 75.4 Å². The van der Waals surface area contributed by atoms with Crippen LogP contribution in [0.5, 0.6) is 0 Å². The van der Waals surface area contributed by atoms with Gasteiger partial charge in [-0.3, -0.25) is 14.5 Å². The number of hydrogen-bond donors (Lipinski definition) is 1. The number of thioether (sulfide) groups is 1. The SMILES string of the molecule is CC(C)(C)c1nn(C(C)(C)C)c2c1C(c1ccccc1Cl)SCC(=O)N2CC(=O)O. The molecule has 30 heavy (non-hydrogen) atoms. The molecule has 0 spiro atoms. The van der Waals surface area contributed by atoms with E-state index in [2.05, 4.69) is 20.8 Å². The van der Waals surface area contributed by atoms with Crippen LogP contribution in [0.4, 0.5) is 5.82 Å². The number of nitrogens with zero attached hydrogens (tertiary/aromatic N) is 3. The average Bonchev–Trinajstić information content (AvgIpc) is 2.96. The van der Waals surface area contributed by atoms with Crippen LogP contribution in [0.3, 0.4) is 0 Å². The summed E-state index contributed by atoms with van der Waals surface area (Å²) >= 11 is 8.03. The number of benzene rings is 1. The maximum absolute atomic E-state index is 13.1. The molecule has 1 aromatic heterocycles. The van der Waals surface area contributed by atoms with E-state index in [0.717, 1.165) is 16.8 Å². The van der Waals surface area contributed by atoms with E-state index in [4.69, 9.17) is 16.7 Å². The maximum atomic E-state index is 13.1. The molecule has 3 rings (SSSR count). The fraction of sp³-hybridized carbons (Fsp3) is 0.500. The molecular formula is C22H28ClN3O3S. The van der Waals surface area contributed by atoms with Crippen molar-refractivity contribution < 1.29 is 14.7 Å². The van der Waals surface area contributed by atoms with Crippen molar-refractivity contribution in [2.45, 2.75) is 57.7 Å². The smallest absolute Gasteiger partial charge is 0.323 e. The molecule has 0 fully saturated rings. The Morgan fingerprint density at radius 3 is 2.40 bits per heavy atom. The predicted molar refractivity (Wildman–Crippen MR) is 122 cm³/mol.